The quantitative estimate of drug-likeness (QED) is 0.709. The third kappa shape index (κ3) is 2.67. The molecule has 5 heteroatoms. The van der Waals surface area contributed by atoms with E-state index in [0.717, 1.165) is 10.9 Å². The lowest BCUT2D eigenvalue weighted by atomic mass is 10.1. The minimum absolute atomic E-state index is 0.0506. The molecule has 1 heterocycles. The van der Waals surface area contributed by atoms with Gasteiger partial charge in [-0.25, -0.2) is 4.39 Å². The van der Waals surface area contributed by atoms with Crippen molar-refractivity contribution in [3.05, 3.63) is 66.1 Å². The van der Waals surface area contributed by atoms with Crippen LogP contribution in [0.25, 0.3) is 10.9 Å². The number of nitrogens with zero attached hydrogens (tertiary/aromatic N) is 1. The summed E-state index contributed by atoms with van der Waals surface area (Å²) in [4.78, 5) is 16.3. The van der Waals surface area contributed by atoms with Crippen molar-refractivity contribution in [2.75, 3.05) is 11.1 Å². The molecular weight excluding hydrogens is 269 g/mol. The Kier molecular flexibility index (Phi) is 3.23. The molecular formula is C16H12FN3O. The summed E-state index contributed by atoms with van der Waals surface area (Å²) in [6.07, 6.45) is 1.71. The van der Waals surface area contributed by atoms with Crippen LogP contribution in [-0.4, -0.2) is 10.9 Å². The molecule has 0 bridgehead atoms. The van der Waals surface area contributed by atoms with Crippen molar-refractivity contribution in [2.45, 2.75) is 0 Å². The zero-order chi connectivity index (χ0) is 14.8. The molecule has 0 radical (unpaired) electrons. The number of hydrogen-bond donors (Lipinski definition) is 2. The van der Waals surface area contributed by atoms with Gasteiger partial charge in [-0.2, -0.15) is 0 Å². The molecule has 0 unspecified atom stereocenters. The largest absolute Gasteiger partial charge is 0.396 e. The van der Waals surface area contributed by atoms with Crippen molar-refractivity contribution in [3.63, 3.8) is 0 Å². The summed E-state index contributed by atoms with van der Waals surface area (Å²) in [6.45, 7) is 0. The number of nitrogen functional groups attached to an aromatic ring is 1. The van der Waals surface area contributed by atoms with Crippen LogP contribution in [0.3, 0.4) is 0 Å². The molecule has 0 saturated heterocycles. The number of pyridine rings is 1. The van der Waals surface area contributed by atoms with Gasteiger partial charge in [-0.1, -0.05) is 6.07 Å². The molecule has 0 spiro atoms. The standard InChI is InChI=1S/C16H12FN3O/c17-13-5-3-11(9-14(13)18)16(21)20-12-4-6-15-10(8-12)2-1-7-19-15/h1-9H,18H2,(H,20,21). The molecule has 2 aromatic carbocycles. The van der Waals surface area contributed by atoms with Crippen molar-refractivity contribution in [3.8, 4) is 0 Å². The van der Waals surface area contributed by atoms with E-state index < -0.39 is 5.82 Å². The highest BCUT2D eigenvalue weighted by molar-refractivity contribution is 6.05. The van der Waals surface area contributed by atoms with Crippen LogP contribution < -0.4 is 11.1 Å². The van der Waals surface area contributed by atoms with E-state index in [-0.39, 0.29) is 11.6 Å². The fraction of sp³-hybridized carbons (Fsp3) is 0. The van der Waals surface area contributed by atoms with Crippen LogP contribution in [0.15, 0.2) is 54.7 Å². The summed E-state index contributed by atoms with van der Waals surface area (Å²) in [6, 6.07) is 13.0. The first-order valence-electron chi connectivity index (χ1n) is 6.34. The maximum atomic E-state index is 13.1. The smallest absolute Gasteiger partial charge is 0.255 e. The van der Waals surface area contributed by atoms with Crippen LogP contribution >= 0.6 is 0 Å². The second kappa shape index (κ2) is 5.20. The second-order valence-corrected chi connectivity index (χ2v) is 4.60. The summed E-state index contributed by atoms with van der Waals surface area (Å²) < 4.78 is 13.1. The van der Waals surface area contributed by atoms with Crippen molar-refractivity contribution in [1.82, 2.24) is 4.98 Å². The average Bonchev–Trinajstić information content (AvgIpc) is 2.50. The maximum absolute atomic E-state index is 13.1. The minimum Gasteiger partial charge on any atom is -0.396 e. The molecule has 21 heavy (non-hydrogen) atoms. The number of benzene rings is 2. The van der Waals surface area contributed by atoms with Crippen LogP contribution in [0.5, 0.6) is 0 Å². The van der Waals surface area contributed by atoms with Crippen molar-refractivity contribution in [2.24, 2.45) is 0 Å². The molecule has 0 saturated carbocycles. The normalized spacial score (nSPS) is 10.5. The fourth-order valence-corrected chi connectivity index (χ4v) is 2.04. The monoisotopic (exact) mass is 281 g/mol. The Balaban J connectivity index is 1.87. The second-order valence-electron chi connectivity index (χ2n) is 4.60. The highest BCUT2D eigenvalue weighted by Crippen LogP contribution is 2.18. The Bertz CT molecular complexity index is 833. The first kappa shape index (κ1) is 13.1. The topological polar surface area (TPSA) is 68.0 Å². The number of rotatable bonds is 2. The fourth-order valence-electron chi connectivity index (χ4n) is 2.04. The summed E-state index contributed by atoms with van der Waals surface area (Å²) in [7, 11) is 0. The minimum atomic E-state index is -0.539. The lowest BCUT2D eigenvalue weighted by Crippen LogP contribution is -2.12. The number of halogens is 1. The van der Waals surface area contributed by atoms with Gasteiger partial charge in [0, 0.05) is 22.8 Å². The van der Waals surface area contributed by atoms with E-state index in [1.807, 2.05) is 24.3 Å². The highest BCUT2D eigenvalue weighted by atomic mass is 19.1. The number of carbonyl (C=O) groups excluding carboxylic acids is 1. The van der Waals surface area contributed by atoms with Gasteiger partial charge in [-0.05, 0) is 42.5 Å². The first-order chi connectivity index (χ1) is 10.1. The van der Waals surface area contributed by atoms with Gasteiger partial charge in [0.1, 0.15) is 5.82 Å². The van der Waals surface area contributed by atoms with E-state index in [9.17, 15) is 9.18 Å². The molecule has 0 aliphatic rings. The third-order valence-electron chi connectivity index (χ3n) is 3.12. The summed E-state index contributed by atoms with van der Waals surface area (Å²) >= 11 is 0. The predicted octanol–water partition coefficient (Wildman–Crippen LogP) is 3.21. The van der Waals surface area contributed by atoms with E-state index >= 15 is 0 Å². The lowest BCUT2D eigenvalue weighted by Gasteiger charge is -2.07. The van der Waals surface area contributed by atoms with Gasteiger partial charge >= 0.3 is 0 Å². The van der Waals surface area contributed by atoms with Crippen molar-refractivity contribution in [1.29, 1.82) is 0 Å². The molecule has 1 amide bonds. The number of nitrogens with two attached hydrogens (primary N) is 1. The zero-order valence-corrected chi connectivity index (χ0v) is 11.0. The van der Waals surface area contributed by atoms with Gasteiger partial charge in [0.15, 0.2) is 0 Å². The Labute approximate surface area is 120 Å². The van der Waals surface area contributed by atoms with E-state index in [2.05, 4.69) is 10.3 Å². The molecule has 0 atom stereocenters. The van der Waals surface area contributed by atoms with Gasteiger partial charge in [0.25, 0.3) is 5.91 Å². The van der Waals surface area contributed by atoms with Crippen LogP contribution in [0.2, 0.25) is 0 Å². The summed E-state index contributed by atoms with van der Waals surface area (Å²) in [5, 5.41) is 3.68. The van der Waals surface area contributed by atoms with Gasteiger partial charge < -0.3 is 11.1 Å². The van der Waals surface area contributed by atoms with Crippen LogP contribution in [0, 0.1) is 5.82 Å². The predicted molar refractivity (Wildman–Crippen MR) is 80.5 cm³/mol. The van der Waals surface area contributed by atoms with Crippen LogP contribution in [0.1, 0.15) is 10.4 Å². The van der Waals surface area contributed by atoms with Gasteiger partial charge in [0.05, 0.1) is 11.2 Å². The van der Waals surface area contributed by atoms with E-state index in [1.54, 1.807) is 12.3 Å². The van der Waals surface area contributed by atoms with Crippen LogP contribution in [-0.2, 0) is 0 Å². The zero-order valence-electron chi connectivity index (χ0n) is 11.0. The Morgan fingerprint density at radius 1 is 1.14 bits per heavy atom. The first-order valence-corrected chi connectivity index (χ1v) is 6.34. The van der Waals surface area contributed by atoms with Gasteiger partial charge in [-0.3, -0.25) is 9.78 Å². The lowest BCUT2D eigenvalue weighted by molar-refractivity contribution is 0.102. The molecule has 1 aromatic heterocycles. The SMILES string of the molecule is Nc1cc(C(=O)Nc2ccc3ncccc3c2)ccc1F. The molecule has 0 aliphatic carbocycles. The summed E-state index contributed by atoms with van der Waals surface area (Å²) in [5.74, 6) is -0.881. The Morgan fingerprint density at radius 2 is 2.00 bits per heavy atom. The van der Waals surface area contributed by atoms with Gasteiger partial charge in [0.2, 0.25) is 0 Å². The molecule has 4 nitrogen and oxygen atoms in total. The number of nitrogens with one attached hydrogen (secondary N) is 1. The number of amides is 1. The molecule has 104 valence electrons. The number of hydrogen-bond acceptors (Lipinski definition) is 3. The average molecular weight is 281 g/mol. The number of anilines is 2. The molecule has 3 N–H and O–H groups in total. The molecule has 3 aromatic rings. The Morgan fingerprint density at radius 3 is 2.81 bits per heavy atom. The molecule has 0 fully saturated rings. The van der Waals surface area contributed by atoms with E-state index in [0.29, 0.717) is 11.3 Å². The number of aromatic nitrogens is 1. The maximum Gasteiger partial charge on any atom is 0.255 e. The number of carbonyl (C=O) groups is 1. The third-order valence-corrected chi connectivity index (χ3v) is 3.12. The number of fused-ring (bicyclic) bond motifs is 1. The van der Waals surface area contributed by atoms with Gasteiger partial charge in [-0.15, -0.1) is 0 Å². The van der Waals surface area contributed by atoms with Crippen molar-refractivity contribution < 1.29 is 9.18 Å². The Hall–Kier alpha value is -2.95. The van der Waals surface area contributed by atoms with Crippen LogP contribution in [0.4, 0.5) is 15.8 Å². The van der Waals surface area contributed by atoms with E-state index in [1.165, 1.54) is 18.2 Å². The molecule has 3 rings (SSSR count). The molecule has 0 aliphatic heterocycles. The van der Waals surface area contributed by atoms with E-state index in [4.69, 9.17) is 5.73 Å². The summed E-state index contributed by atoms with van der Waals surface area (Å²) in [5.41, 5.74) is 7.21. The van der Waals surface area contributed by atoms with Crippen molar-refractivity contribution >= 4 is 28.2 Å². The highest BCUT2D eigenvalue weighted by Gasteiger charge is 2.09.